The Kier molecular flexibility index (Phi) is 4.05. The van der Waals surface area contributed by atoms with Crippen LogP contribution in [0.15, 0.2) is 59.1 Å². The van der Waals surface area contributed by atoms with Crippen molar-refractivity contribution < 1.29 is 13.2 Å². The number of fused-ring (bicyclic) bond motifs is 1. The largest absolute Gasteiger partial charge is 0.416 e. The van der Waals surface area contributed by atoms with Gasteiger partial charge in [0.15, 0.2) is 0 Å². The first-order valence-corrected chi connectivity index (χ1v) is 7.77. The first-order valence-electron chi connectivity index (χ1n) is 6.79. The van der Waals surface area contributed by atoms with Crippen LogP contribution in [0.2, 0.25) is 0 Å². The van der Waals surface area contributed by atoms with Gasteiger partial charge in [0.25, 0.3) is 0 Å². The Balaban J connectivity index is 2.03. The minimum absolute atomic E-state index is 0.234. The summed E-state index contributed by atoms with van der Waals surface area (Å²) < 4.78 is 38.6. The highest BCUT2D eigenvalue weighted by atomic mass is 32.2. The fraction of sp³-hybridized carbons (Fsp3) is 0.118. The molecular weight excluding hydrogens is 321 g/mol. The molecule has 0 saturated heterocycles. The fourth-order valence-corrected chi connectivity index (χ4v) is 3.30. The standard InChI is InChI=1S/C17H11F3N2S/c18-17(19,20)12-5-3-4-11(8-12)13(9-21)15-10-23-16-7-2-1-6-14(16)22-15/h1-8,22H,10H2. The van der Waals surface area contributed by atoms with E-state index in [0.29, 0.717) is 11.4 Å². The van der Waals surface area contributed by atoms with E-state index in [2.05, 4.69) is 5.32 Å². The average molecular weight is 332 g/mol. The van der Waals surface area contributed by atoms with Crippen LogP contribution in [0.3, 0.4) is 0 Å². The highest BCUT2D eigenvalue weighted by molar-refractivity contribution is 7.99. The molecule has 2 aromatic rings. The van der Waals surface area contributed by atoms with E-state index in [4.69, 9.17) is 0 Å². The second-order valence-corrected chi connectivity index (χ2v) is 5.97. The molecule has 0 aliphatic carbocycles. The van der Waals surface area contributed by atoms with E-state index in [1.54, 1.807) is 11.8 Å². The highest BCUT2D eigenvalue weighted by Gasteiger charge is 2.31. The van der Waals surface area contributed by atoms with E-state index in [-0.39, 0.29) is 11.1 Å². The fourth-order valence-electron chi connectivity index (χ4n) is 2.34. The predicted octanol–water partition coefficient (Wildman–Crippen LogP) is 5.16. The van der Waals surface area contributed by atoms with Crippen molar-refractivity contribution in [3.8, 4) is 6.07 Å². The number of thioether (sulfide) groups is 1. The monoisotopic (exact) mass is 332 g/mol. The van der Waals surface area contributed by atoms with Crippen molar-refractivity contribution in [2.24, 2.45) is 0 Å². The Morgan fingerprint density at radius 3 is 2.65 bits per heavy atom. The minimum Gasteiger partial charge on any atom is -0.356 e. The van der Waals surface area contributed by atoms with E-state index in [0.717, 1.165) is 22.7 Å². The molecule has 6 heteroatoms. The minimum atomic E-state index is -4.43. The molecule has 2 aromatic carbocycles. The second kappa shape index (κ2) is 6.01. The summed E-state index contributed by atoms with van der Waals surface area (Å²) in [7, 11) is 0. The lowest BCUT2D eigenvalue weighted by molar-refractivity contribution is -0.137. The maximum atomic E-state index is 12.9. The van der Waals surface area contributed by atoms with Crippen LogP contribution in [-0.2, 0) is 6.18 Å². The van der Waals surface area contributed by atoms with Crippen LogP contribution in [0, 0.1) is 11.3 Å². The smallest absolute Gasteiger partial charge is 0.356 e. The van der Waals surface area contributed by atoms with Crippen LogP contribution in [0.5, 0.6) is 0 Å². The van der Waals surface area contributed by atoms with Crippen LogP contribution in [-0.4, -0.2) is 5.75 Å². The second-order valence-electron chi connectivity index (χ2n) is 4.95. The third-order valence-corrected chi connectivity index (χ3v) is 4.54. The number of rotatable bonds is 1. The Labute approximate surface area is 135 Å². The molecule has 1 N–H and O–H groups in total. The van der Waals surface area contributed by atoms with Gasteiger partial charge in [-0.1, -0.05) is 24.3 Å². The molecule has 1 heterocycles. The van der Waals surface area contributed by atoms with Crippen molar-refractivity contribution in [2.45, 2.75) is 11.1 Å². The lowest BCUT2D eigenvalue weighted by Gasteiger charge is -2.21. The summed E-state index contributed by atoms with van der Waals surface area (Å²) in [6, 6.07) is 14.5. The summed E-state index contributed by atoms with van der Waals surface area (Å²) in [5, 5.41) is 12.6. The Morgan fingerprint density at radius 1 is 1.13 bits per heavy atom. The lowest BCUT2D eigenvalue weighted by Crippen LogP contribution is -2.11. The lowest BCUT2D eigenvalue weighted by atomic mass is 10.0. The number of para-hydroxylation sites is 1. The molecule has 0 saturated carbocycles. The zero-order valence-corrected chi connectivity index (χ0v) is 12.6. The van der Waals surface area contributed by atoms with Crippen LogP contribution in [0.1, 0.15) is 11.1 Å². The summed E-state index contributed by atoms with van der Waals surface area (Å²) in [4.78, 5) is 1.05. The molecule has 1 aliphatic rings. The Hall–Kier alpha value is -2.39. The van der Waals surface area contributed by atoms with Gasteiger partial charge in [0.2, 0.25) is 0 Å². The number of benzene rings is 2. The molecule has 0 radical (unpaired) electrons. The summed E-state index contributed by atoms with van der Waals surface area (Å²) in [6.45, 7) is 0. The van der Waals surface area contributed by atoms with E-state index in [1.807, 2.05) is 30.3 Å². The summed E-state index contributed by atoms with van der Waals surface area (Å²) in [5.74, 6) is 0.510. The van der Waals surface area contributed by atoms with Crippen molar-refractivity contribution in [1.82, 2.24) is 0 Å². The number of anilines is 1. The van der Waals surface area contributed by atoms with Crippen LogP contribution in [0.4, 0.5) is 18.9 Å². The van der Waals surface area contributed by atoms with Crippen molar-refractivity contribution >= 4 is 23.0 Å². The quantitative estimate of drug-likeness (QED) is 0.733. The van der Waals surface area contributed by atoms with Crippen LogP contribution >= 0.6 is 11.8 Å². The number of allylic oxidation sites excluding steroid dienone is 1. The number of hydrogen-bond donors (Lipinski definition) is 1. The molecule has 0 fully saturated rings. The van der Waals surface area contributed by atoms with Gasteiger partial charge in [-0.3, -0.25) is 0 Å². The maximum absolute atomic E-state index is 12.9. The zero-order chi connectivity index (χ0) is 16.4. The van der Waals surface area contributed by atoms with Crippen molar-refractivity contribution in [3.05, 3.63) is 65.4 Å². The highest BCUT2D eigenvalue weighted by Crippen LogP contribution is 2.37. The number of nitrogens with zero attached hydrogens (tertiary/aromatic N) is 1. The zero-order valence-electron chi connectivity index (χ0n) is 11.8. The van der Waals surface area contributed by atoms with Gasteiger partial charge < -0.3 is 5.32 Å². The normalized spacial score (nSPS) is 16.1. The van der Waals surface area contributed by atoms with Gasteiger partial charge in [-0.2, -0.15) is 18.4 Å². The predicted molar refractivity (Wildman–Crippen MR) is 84.8 cm³/mol. The average Bonchev–Trinajstić information content (AvgIpc) is 2.55. The van der Waals surface area contributed by atoms with Gasteiger partial charge in [0.1, 0.15) is 6.07 Å². The summed E-state index contributed by atoms with van der Waals surface area (Å²) in [6.07, 6.45) is -4.43. The first kappa shape index (κ1) is 15.5. The van der Waals surface area contributed by atoms with E-state index in [9.17, 15) is 18.4 Å². The van der Waals surface area contributed by atoms with Crippen molar-refractivity contribution in [2.75, 3.05) is 11.1 Å². The first-order chi connectivity index (χ1) is 11.0. The molecule has 23 heavy (non-hydrogen) atoms. The van der Waals surface area contributed by atoms with Gasteiger partial charge >= 0.3 is 6.18 Å². The molecule has 0 atom stereocenters. The Morgan fingerprint density at radius 2 is 1.91 bits per heavy atom. The van der Waals surface area contributed by atoms with Crippen LogP contribution < -0.4 is 5.32 Å². The number of nitrogens with one attached hydrogen (secondary N) is 1. The molecule has 0 aromatic heterocycles. The van der Waals surface area contributed by atoms with Gasteiger partial charge in [-0.15, -0.1) is 11.8 Å². The molecule has 0 unspecified atom stereocenters. The van der Waals surface area contributed by atoms with Gasteiger partial charge in [0.05, 0.1) is 16.8 Å². The SMILES string of the molecule is N#CC(=C1CSc2ccccc2N1)c1cccc(C(F)(F)F)c1. The van der Waals surface area contributed by atoms with Crippen LogP contribution in [0.25, 0.3) is 5.57 Å². The van der Waals surface area contributed by atoms with Gasteiger partial charge in [-0.25, -0.2) is 0 Å². The number of nitriles is 1. The molecule has 1 aliphatic heterocycles. The topological polar surface area (TPSA) is 35.8 Å². The van der Waals surface area contributed by atoms with Crippen molar-refractivity contribution in [1.29, 1.82) is 5.26 Å². The summed E-state index contributed by atoms with van der Waals surface area (Å²) in [5.41, 5.74) is 1.23. The molecule has 0 spiro atoms. The van der Waals surface area contributed by atoms with E-state index >= 15 is 0 Å². The number of alkyl halides is 3. The van der Waals surface area contributed by atoms with Gasteiger partial charge in [0, 0.05) is 16.3 Å². The van der Waals surface area contributed by atoms with E-state index in [1.165, 1.54) is 12.1 Å². The molecule has 2 nitrogen and oxygen atoms in total. The number of halogens is 3. The molecule has 116 valence electrons. The van der Waals surface area contributed by atoms with E-state index < -0.39 is 11.7 Å². The number of hydrogen-bond acceptors (Lipinski definition) is 3. The molecule has 0 bridgehead atoms. The maximum Gasteiger partial charge on any atom is 0.416 e. The van der Waals surface area contributed by atoms with Crippen molar-refractivity contribution in [3.63, 3.8) is 0 Å². The Bertz CT molecular complexity index is 819. The third-order valence-electron chi connectivity index (χ3n) is 3.44. The summed E-state index contributed by atoms with van der Waals surface area (Å²) >= 11 is 1.55. The third kappa shape index (κ3) is 3.20. The molecular formula is C17H11F3N2S. The molecule has 3 rings (SSSR count). The molecule has 0 amide bonds. The van der Waals surface area contributed by atoms with Gasteiger partial charge in [-0.05, 0) is 29.8 Å².